The first kappa shape index (κ1) is 21.5. The van der Waals surface area contributed by atoms with E-state index in [-0.39, 0.29) is 17.0 Å². The average molecular weight is 460 g/mol. The zero-order valence-electron chi connectivity index (χ0n) is 20.4. The molecular weight excluding hydrogens is 432 g/mol. The molecule has 6 rings (SSSR count). The molecule has 172 valence electrons. The lowest BCUT2D eigenvalue weighted by atomic mass is 9.70. The number of hydrogen-bond donors (Lipinski definition) is 0. The first-order valence-electron chi connectivity index (χ1n) is 12.0. The van der Waals surface area contributed by atoms with Gasteiger partial charge in [-0.15, -0.1) is 0 Å². The van der Waals surface area contributed by atoms with Crippen LogP contribution in [0.2, 0.25) is 0 Å². The van der Waals surface area contributed by atoms with Gasteiger partial charge in [0.05, 0.1) is 16.7 Å². The van der Waals surface area contributed by atoms with E-state index >= 15 is 0 Å². The molecule has 2 heterocycles. The third-order valence-electron chi connectivity index (χ3n) is 7.76. The molecule has 1 aliphatic carbocycles. The Labute approximate surface area is 204 Å². The van der Waals surface area contributed by atoms with E-state index in [0.717, 1.165) is 39.1 Å². The van der Waals surface area contributed by atoms with Gasteiger partial charge in [0.2, 0.25) is 5.69 Å². The fourth-order valence-corrected chi connectivity index (χ4v) is 5.93. The van der Waals surface area contributed by atoms with Crippen LogP contribution >= 0.6 is 0 Å². The van der Waals surface area contributed by atoms with Crippen LogP contribution in [0.4, 0.5) is 5.69 Å². The van der Waals surface area contributed by atoms with Crippen molar-refractivity contribution in [1.29, 1.82) is 0 Å². The number of aryl methyl sites for hydroxylation is 1. The molecule has 0 spiro atoms. The van der Waals surface area contributed by atoms with E-state index in [0.29, 0.717) is 5.57 Å². The van der Waals surface area contributed by atoms with Crippen molar-refractivity contribution < 1.29 is 14.2 Å². The van der Waals surface area contributed by atoms with E-state index in [2.05, 4.69) is 35.1 Å². The summed E-state index contributed by atoms with van der Waals surface area (Å²) in [7, 11) is 4.00. The summed E-state index contributed by atoms with van der Waals surface area (Å²) in [4.78, 5) is 27.3. The quantitative estimate of drug-likeness (QED) is 0.170. The zero-order chi connectivity index (χ0) is 24.5. The topological polar surface area (TPSA) is 42.1 Å². The average Bonchev–Trinajstić information content (AvgIpc) is 3.26. The van der Waals surface area contributed by atoms with Crippen LogP contribution in [0.5, 0.6) is 0 Å². The molecule has 0 amide bonds. The minimum absolute atomic E-state index is 0.101. The molecular formula is C31H27N2O2+. The van der Waals surface area contributed by atoms with Crippen molar-refractivity contribution in [3.8, 4) is 11.3 Å². The molecule has 0 N–H and O–H groups in total. The Morgan fingerprint density at radius 3 is 2.20 bits per heavy atom. The van der Waals surface area contributed by atoms with Gasteiger partial charge in [0.25, 0.3) is 0 Å². The van der Waals surface area contributed by atoms with Crippen LogP contribution in [0, 0.1) is 0 Å². The summed E-state index contributed by atoms with van der Waals surface area (Å²) in [6.45, 7) is 4.29. The number of nitrogens with zero attached hydrogens (tertiary/aromatic N) is 2. The van der Waals surface area contributed by atoms with Crippen molar-refractivity contribution in [1.82, 2.24) is 4.57 Å². The van der Waals surface area contributed by atoms with Gasteiger partial charge >= 0.3 is 0 Å². The molecule has 0 radical (unpaired) electrons. The zero-order valence-corrected chi connectivity index (χ0v) is 20.4. The Balaban J connectivity index is 1.48. The number of Topliss-reactive ketones (excluding diaryl/α,β-unsaturated/α-hetero) is 2. The van der Waals surface area contributed by atoms with Gasteiger partial charge in [0.1, 0.15) is 13.0 Å². The number of carbonyl (C=O) groups is 2. The van der Waals surface area contributed by atoms with Crippen LogP contribution in [-0.2, 0) is 22.1 Å². The molecule has 1 saturated carbocycles. The summed E-state index contributed by atoms with van der Waals surface area (Å²) in [5.74, 6) is -0.979. The SMILES string of the molecule is Cn1c(-c2ccccc2)c(C2C(=O)C(=CC3=[N+](C)c4ccccc4C3(C)C)C2=O)c2ccccc21. The van der Waals surface area contributed by atoms with Gasteiger partial charge in [-0.3, -0.25) is 9.59 Å². The maximum atomic E-state index is 13.7. The molecule has 2 aliphatic rings. The summed E-state index contributed by atoms with van der Waals surface area (Å²) < 4.78 is 4.20. The molecule has 3 aromatic carbocycles. The molecule has 1 aromatic heterocycles. The van der Waals surface area contributed by atoms with Gasteiger partial charge in [-0.1, -0.05) is 66.7 Å². The van der Waals surface area contributed by atoms with Gasteiger partial charge < -0.3 is 4.57 Å². The lowest BCUT2D eigenvalue weighted by Gasteiger charge is -2.27. The molecule has 0 unspecified atom stereocenters. The van der Waals surface area contributed by atoms with E-state index < -0.39 is 5.92 Å². The summed E-state index contributed by atoms with van der Waals surface area (Å²) in [5, 5.41) is 0.956. The highest BCUT2D eigenvalue weighted by molar-refractivity contribution is 6.44. The highest BCUT2D eigenvalue weighted by Gasteiger charge is 2.50. The molecule has 0 bridgehead atoms. The number of fused-ring (bicyclic) bond motifs is 2. The highest BCUT2D eigenvalue weighted by Crippen LogP contribution is 2.46. The summed E-state index contributed by atoms with van der Waals surface area (Å²) >= 11 is 0. The Morgan fingerprint density at radius 2 is 1.49 bits per heavy atom. The molecule has 35 heavy (non-hydrogen) atoms. The van der Waals surface area contributed by atoms with Crippen molar-refractivity contribution in [2.75, 3.05) is 7.05 Å². The third kappa shape index (κ3) is 2.89. The standard InChI is InChI=1S/C31H27N2O2/c1-31(2)22-15-9-11-17-24(22)32(3)25(31)18-21-29(34)27(30(21)35)26-20-14-8-10-16-23(20)33(4)28(26)19-12-6-5-7-13-19/h5-18,27H,1-4H3/q+1. The molecule has 0 atom stereocenters. The van der Waals surface area contributed by atoms with E-state index in [1.54, 1.807) is 0 Å². The van der Waals surface area contributed by atoms with E-state index in [4.69, 9.17) is 0 Å². The molecule has 4 heteroatoms. The van der Waals surface area contributed by atoms with E-state index in [1.165, 1.54) is 5.56 Å². The number of carbonyl (C=O) groups excluding carboxylic acids is 2. The lowest BCUT2D eigenvalue weighted by molar-refractivity contribution is -0.401. The Morgan fingerprint density at radius 1 is 0.857 bits per heavy atom. The van der Waals surface area contributed by atoms with Gasteiger partial charge in [-0.25, -0.2) is 0 Å². The minimum atomic E-state index is -0.777. The number of rotatable bonds is 3. The summed E-state index contributed by atoms with van der Waals surface area (Å²) in [6.07, 6.45) is 1.83. The van der Waals surface area contributed by atoms with Crippen LogP contribution in [0.15, 0.2) is 90.5 Å². The van der Waals surface area contributed by atoms with Crippen molar-refractivity contribution >= 4 is 33.9 Å². The Hall–Kier alpha value is -4.05. The van der Waals surface area contributed by atoms with Crippen LogP contribution in [0.3, 0.4) is 0 Å². The highest BCUT2D eigenvalue weighted by atomic mass is 16.2. The molecule has 4 nitrogen and oxygen atoms in total. The molecule has 1 fully saturated rings. The number of ketones is 2. The molecule has 0 saturated heterocycles. The fourth-order valence-electron chi connectivity index (χ4n) is 5.93. The van der Waals surface area contributed by atoms with Gasteiger partial charge in [0.15, 0.2) is 17.3 Å². The first-order valence-corrected chi connectivity index (χ1v) is 12.0. The second-order valence-electron chi connectivity index (χ2n) is 10.0. The first-order chi connectivity index (χ1) is 16.8. The van der Waals surface area contributed by atoms with Crippen molar-refractivity contribution in [3.05, 3.63) is 102 Å². The van der Waals surface area contributed by atoms with Gasteiger partial charge in [-0.2, -0.15) is 4.58 Å². The minimum Gasteiger partial charge on any atom is -0.343 e. The number of hydrogen-bond acceptors (Lipinski definition) is 2. The number of aromatic nitrogens is 1. The second kappa shape index (κ2) is 7.47. The summed E-state index contributed by atoms with van der Waals surface area (Å²) in [5.41, 5.74) is 7.04. The van der Waals surface area contributed by atoms with E-state index in [9.17, 15) is 9.59 Å². The van der Waals surface area contributed by atoms with Gasteiger partial charge in [-0.05, 0) is 25.5 Å². The predicted octanol–water partition coefficient (Wildman–Crippen LogP) is 5.71. The van der Waals surface area contributed by atoms with Crippen LogP contribution in [-0.4, -0.2) is 33.5 Å². The lowest BCUT2D eigenvalue weighted by Crippen LogP contribution is -2.40. The van der Waals surface area contributed by atoms with E-state index in [1.807, 2.05) is 86.9 Å². The fraction of sp³-hybridized carbons (Fsp3) is 0.194. The number of benzene rings is 3. The summed E-state index contributed by atoms with van der Waals surface area (Å²) in [6, 6.07) is 26.3. The molecule has 4 aromatic rings. The maximum absolute atomic E-state index is 13.7. The predicted molar refractivity (Wildman–Crippen MR) is 140 cm³/mol. The van der Waals surface area contributed by atoms with Gasteiger partial charge in [0, 0.05) is 41.2 Å². The largest absolute Gasteiger partial charge is 0.343 e. The van der Waals surface area contributed by atoms with Crippen molar-refractivity contribution in [2.24, 2.45) is 7.05 Å². The van der Waals surface area contributed by atoms with Crippen LogP contribution < -0.4 is 0 Å². The number of para-hydroxylation sites is 2. The third-order valence-corrected chi connectivity index (χ3v) is 7.76. The number of allylic oxidation sites excluding steroid dienone is 2. The Bertz CT molecular complexity index is 1600. The Kier molecular flexibility index (Phi) is 4.59. The normalized spacial score (nSPS) is 18.7. The maximum Gasteiger partial charge on any atom is 0.209 e. The van der Waals surface area contributed by atoms with Crippen LogP contribution in [0.1, 0.15) is 30.9 Å². The smallest absolute Gasteiger partial charge is 0.209 e. The monoisotopic (exact) mass is 459 g/mol. The van der Waals surface area contributed by atoms with Crippen molar-refractivity contribution in [3.63, 3.8) is 0 Å². The molecule has 1 aliphatic heterocycles. The van der Waals surface area contributed by atoms with Crippen molar-refractivity contribution in [2.45, 2.75) is 25.2 Å². The van der Waals surface area contributed by atoms with Crippen LogP contribution in [0.25, 0.3) is 22.2 Å². The second-order valence-corrected chi connectivity index (χ2v) is 10.0.